The number of nitrogens with zero attached hydrogens (tertiary/aromatic N) is 2. The number of halogens is 1. The Morgan fingerprint density at radius 1 is 1.08 bits per heavy atom. The van der Waals surface area contributed by atoms with E-state index in [1.54, 1.807) is 30.5 Å². The van der Waals surface area contributed by atoms with Gasteiger partial charge in [0.25, 0.3) is 5.91 Å². The van der Waals surface area contributed by atoms with E-state index in [1.165, 1.54) is 11.8 Å². The molecule has 1 aromatic heterocycles. The standard InChI is InChI=1S/C19H17ClN4O/c1-13-5-7-14(8-6-13)10-22-18-12-21-17(11-23-18)19(25)24-16-4-2-3-15(20)9-16/h2-9,11-12H,10H2,1H3,(H,22,23)(H,24,25). The van der Waals surface area contributed by atoms with Gasteiger partial charge in [-0.2, -0.15) is 0 Å². The van der Waals surface area contributed by atoms with Gasteiger partial charge < -0.3 is 10.6 Å². The number of benzene rings is 2. The zero-order valence-corrected chi connectivity index (χ0v) is 14.4. The third kappa shape index (κ3) is 4.78. The number of aromatic nitrogens is 2. The number of rotatable bonds is 5. The third-order valence-electron chi connectivity index (χ3n) is 3.56. The Morgan fingerprint density at radius 2 is 1.88 bits per heavy atom. The van der Waals surface area contributed by atoms with Gasteiger partial charge in [-0.1, -0.05) is 47.5 Å². The first-order chi connectivity index (χ1) is 12.1. The van der Waals surface area contributed by atoms with Crippen molar-refractivity contribution in [2.45, 2.75) is 13.5 Å². The molecule has 0 aliphatic carbocycles. The highest BCUT2D eigenvalue weighted by Gasteiger charge is 2.08. The minimum atomic E-state index is -0.333. The average molecular weight is 353 g/mol. The largest absolute Gasteiger partial charge is 0.365 e. The fourth-order valence-corrected chi connectivity index (χ4v) is 2.39. The SMILES string of the molecule is Cc1ccc(CNc2cnc(C(=O)Nc3cccc(Cl)c3)cn2)cc1. The summed E-state index contributed by atoms with van der Waals surface area (Å²) in [6, 6.07) is 15.2. The van der Waals surface area contributed by atoms with Gasteiger partial charge in [0, 0.05) is 17.3 Å². The van der Waals surface area contributed by atoms with Crippen molar-refractivity contribution < 1.29 is 4.79 Å². The van der Waals surface area contributed by atoms with E-state index in [4.69, 9.17) is 11.6 Å². The van der Waals surface area contributed by atoms with Crippen molar-refractivity contribution in [1.29, 1.82) is 0 Å². The summed E-state index contributed by atoms with van der Waals surface area (Å²) < 4.78 is 0. The first kappa shape index (κ1) is 16.9. The molecule has 3 rings (SSSR count). The molecule has 25 heavy (non-hydrogen) atoms. The van der Waals surface area contributed by atoms with Crippen LogP contribution >= 0.6 is 11.6 Å². The van der Waals surface area contributed by atoms with Crippen LogP contribution in [0.5, 0.6) is 0 Å². The molecule has 0 aliphatic rings. The number of carbonyl (C=O) groups is 1. The molecule has 3 aromatic rings. The van der Waals surface area contributed by atoms with Gasteiger partial charge in [-0.15, -0.1) is 0 Å². The molecule has 1 heterocycles. The van der Waals surface area contributed by atoms with Crippen LogP contribution in [0.2, 0.25) is 5.02 Å². The molecule has 0 spiro atoms. The monoisotopic (exact) mass is 352 g/mol. The molecule has 0 saturated heterocycles. The molecule has 1 amide bonds. The Hall–Kier alpha value is -2.92. The molecule has 126 valence electrons. The number of anilines is 2. The highest BCUT2D eigenvalue weighted by molar-refractivity contribution is 6.30. The lowest BCUT2D eigenvalue weighted by atomic mass is 10.1. The second-order valence-electron chi connectivity index (χ2n) is 5.59. The van der Waals surface area contributed by atoms with Crippen LogP contribution in [0.25, 0.3) is 0 Å². The number of hydrogen-bond donors (Lipinski definition) is 2. The van der Waals surface area contributed by atoms with Crippen LogP contribution in [-0.2, 0) is 6.54 Å². The van der Waals surface area contributed by atoms with Crippen molar-refractivity contribution in [3.05, 3.63) is 82.8 Å². The normalized spacial score (nSPS) is 10.3. The van der Waals surface area contributed by atoms with Crippen LogP contribution < -0.4 is 10.6 Å². The van der Waals surface area contributed by atoms with Crippen molar-refractivity contribution >= 4 is 29.0 Å². The molecule has 2 N–H and O–H groups in total. The second-order valence-corrected chi connectivity index (χ2v) is 6.03. The van der Waals surface area contributed by atoms with Gasteiger partial charge >= 0.3 is 0 Å². The van der Waals surface area contributed by atoms with Crippen molar-refractivity contribution in [1.82, 2.24) is 9.97 Å². The number of nitrogens with one attached hydrogen (secondary N) is 2. The topological polar surface area (TPSA) is 66.9 Å². The summed E-state index contributed by atoms with van der Waals surface area (Å²) in [7, 11) is 0. The molecular formula is C19H17ClN4O. The Labute approximate surface area is 151 Å². The molecule has 0 atom stereocenters. The molecule has 0 unspecified atom stereocenters. The van der Waals surface area contributed by atoms with Crippen molar-refractivity contribution in [3.8, 4) is 0 Å². The van der Waals surface area contributed by atoms with E-state index in [0.717, 1.165) is 5.56 Å². The minimum Gasteiger partial charge on any atom is -0.365 e. The molecule has 0 fully saturated rings. The van der Waals surface area contributed by atoms with E-state index in [2.05, 4.69) is 51.8 Å². The molecule has 0 radical (unpaired) electrons. The zero-order valence-electron chi connectivity index (χ0n) is 13.7. The molecule has 0 aliphatic heterocycles. The number of amides is 1. The Morgan fingerprint density at radius 3 is 2.56 bits per heavy atom. The minimum absolute atomic E-state index is 0.237. The van der Waals surface area contributed by atoms with E-state index in [1.807, 2.05) is 0 Å². The lowest BCUT2D eigenvalue weighted by Crippen LogP contribution is -2.14. The lowest BCUT2D eigenvalue weighted by Gasteiger charge is -2.07. The van der Waals surface area contributed by atoms with Gasteiger partial charge in [-0.3, -0.25) is 4.79 Å². The second kappa shape index (κ2) is 7.77. The molecule has 6 heteroatoms. The summed E-state index contributed by atoms with van der Waals surface area (Å²) in [6.07, 6.45) is 2.98. The lowest BCUT2D eigenvalue weighted by molar-refractivity contribution is 0.102. The molecule has 2 aromatic carbocycles. The van der Waals surface area contributed by atoms with Crippen LogP contribution in [0.1, 0.15) is 21.6 Å². The van der Waals surface area contributed by atoms with E-state index in [9.17, 15) is 4.79 Å². The Kier molecular flexibility index (Phi) is 5.26. The van der Waals surface area contributed by atoms with Crippen molar-refractivity contribution in [2.75, 3.05) is 10.6 Å². The Balaban J connectivity index is 1.59. The molecule has 5 nitrogen and oxygen atoms in total. The Bertz CT molecular complexity index is 863. The number of carbonyl (C=O) groups excluding carboxylic acids is 1. The van der Waals surface area contributed by atoms with Gasteiger partial charge in [0.15, 0.2) is 0 Å². The van der Waals surface area contributed by atoms with E-state index in [-0.39, 0.29) is 11.6 Å². The van der Waals surface area contributed by atoms with Gasteiger partial charge in [0.2, 0.25) is 0 Å². The maximum atomic E-state index is 12.2. The van der Waals surface area contributed by atoms with Gasteiger partial charge in [0.1, 0.15) is 11.5 Å². The summed E-state index contributed by atoms with van der Waals surface area (Å²) in [5.74, 6) is 0.278. The molecule has 0 bridgehead atoms. The predicted octanol–water partition coefficient (Wildman–Crippen LogP) is 4.30. The van der Waals surface area contributed by atoms with Crippen LogP contribution in [0.4, 0.5) is 11.5 Å². The van der Waals surface area contributed by atoms with Gasteiger partial charge in [-0.25, -0.2) is 9.97 Å². The van der Waals surface area contributed by atoms with E-state index in [0.29, 0.717) is 23.1 Å². The summed E-state index contributed by atoms with van der Waals surface area (Å²) in [5.41, 5.74) is 3.22. The van der Waals surface area contributed by atoms with Crippen LogP contribution in [0.15, 0.2) is 60.9 Å². The van der Waals surface area contributed by atoms with Crippen molar-refractivity contribution in [2.24, 2.45) is 0 Å². The number of aryl methyl sites for hydroxylation is 1. The van der Waals surface area contributed by atoms with Gasteiger partial charge in [-0.05, 0) is 30.7 Å². The zero-order chi connectivity index (χ0) is 17.6. The van der Waals surface area contributed by atoms with E-state index < -0.39 is 0 Å². The third-order valence-corrected chi connectivity index (χ3v) is 3.80. The van der Waals surface area contributed by atoms with Crippen molar-refractivity contribution in [3.63, 3.8) is 0 Å². The molecular weight excluding hydrogens is 336 g/mol. The smallest absolute Gasteiger partial charge is 0.275 e. The first-order valence-corrected chi connectivity index (χ1v) is 8.16. The van der Waals surface area contributed by atoms with Gasteiger partial charge in [0.05, 0.1) is 12.4 Å². The number of hydrogen-bond acceptors (Lipinski definition) is 4. The maximum absolute atomic E-state index is 12.2. The summed E-state index contributed by atoms with van der Waals surface area (Å²) in [5, 5.41) is 6.47. The van der Waals surface area contributed by atoms with Crippen LogP contribution in [0.3, 0.4) is 0 Å². The maximum Gasteiger partial charge on any atom is 0.275 e. The predicted molar refractivity (Wildman–Crippen MR) is 99.9 cm³/mol. The average Bonchev–Trinajstić information content (AvgIpc) is 2.62. The molecule has 0 saturated carbocycles. The quantitative estimate of drug-likeness (QED) is 0.718. The van der Waals surface area contributed by atoms with Crippen LogP contribution in [0, 0.1) is 6.92 Å². The first-order valence-electron chi connectivity index (χ1n) is 7.78. The highest BCUT2D eigenvalue weighted by Crippen LogP contribution is 2.15. The fourth-order valence-electron chi connectivity index (χ4n) is 2.20. The fraction of sp³-hybridized carbons (Fsp3) is 0.105. The summed E-state index contributed by atoms with van der Waals surface area (Å²) in [6.45, 7) is 2.69. The van der Waals surface area contributed by atoms with E-state index >= 15 is 0 Å². The highest BCUT2D eigenvalue weighted by atomic mass is 35.5. The summed E-state index contributed by atoms with van der Waals surface area (Å²) >= 11 is 5.90. The summed E-state index contributed by atoms with van der Waals surface area (Å²) in [4.78, 5) is 20.6. The van der Waals surface area contributed by atoms with Crippen LogP contribution in [-0.4, -0.2) is 15.9 Å².